The van der Waals surface area contributed by atoms with Crippen molar-refractivity contribution in [3.8, 4) is 0 Å². The summed E-state index contributed by atoms with van der Waals surface area (Å²) in [5, 5.41) is 1.15. The SMILES string of the molecule is CCCCCN1CC(=O)N2C(Cc3c([nH]c4ccccc34)C2c2ccc(C)cc2)C1=O. The van der Waals surface area contributed by atoms with E-state index in [-0.39, 0.29) is 24.4 Å². The van der Waals surface area contributed by atoms with E-state index in [1.807, 2.05) is 17.0 Å². The Bertz CT molecular complexity index is 1130. The Morgan fingerprint density at radius 1 is 1.03 bits per heavy atom. The molecule has 2 unspecified atom stereocenters. The van der Waals surface area contributed by atoms with Gasteiger partial charge in [-0.3, -0.25) is 9.59 Å². The lowest BCUT2D eigenvalue weighted by Gasteiger charge is -2.47. The van der Waals surface area contributed by atoms with Crippen LogP contribution in [0.2, 0.25) is 0 Å². The number of unbranched alkanes of at least 4 members (excludes halogenated alkanes) is 2. The Kier molecular flexibility index (Phi) is 5.05. The van der Waals surface area contributed by atoms with E-state index < -0.39 is 6.04 Å². The molecule has 3 heterocycles. The molecule has 0 bridgehead atoms. The van der Waals surface area contributed by atoms with Crippen LogP contribution in [0.15, 0.2) is 48.5 Å². The van der Waals surface area contributed by atoms with Crippen molar-refractivity contribution < 1.29 is 9.59 Å². The van der Waals surface area contributed by atoms with Crippen molar-refractivity contribution in [1.29, 1.82) is 0 Å². The maximum atomic E-state index is 13.5. The van der Waals surface area contributed by atoms with Gasteiger partial charge in [0.05, 0.1) is 12.6 Å². The van der Waals surface area contributed by atoms with Crippen LogP contribution in [0.3, 0.4) is 0 Å². The van der Waals surface area contributed by atoms with Crippen LogP contribution in [0.1, 0.15) is 54.6 Å². The minimum absolute atomic E-state index is 0.0379. The molecule has 2 aromatic carbocycles. The third-order valence-electron chi connectivity index (χ3n) is 6.77. The first-order chi connectivity index (χ1) is 15.1. The fourth-order valence-corrected chi connectivity index (χ4v) is 5.16. The predicted molar refractivity (Wildman–Crippen MR) is 122 cm³/mol. The number of fused-ring (bicyclic) bond motifs is 4. The number of aromatic amines is 1. The van der Waals surface area contributed by atoms with Crippen molar-refractivity contribution in [3.63, 3.8) is 0 Å². The molecule has 5 nitrogen and oxygen atoms in total. The van der Waals surface area contributed by atoms with E-state index in [1.165, 1.54) is 11.1 Å². The van der Waals surface area contributed by atoms with E-state index in [0.717, 1.165) is 41.4 Å². The zero-order valence-electron chi connectivity index (χ0n) is 18.2. The molecule has 2 amide bonds. The summed E-state index contributed by atoms with van der Waals surface area (Å²) in [6.07, 6.45) is 3.68. The van der Waals surface area contributed by atoms with Gasteiger partial charge in [0.25, 0.3) is 0 Å². The second kappa shape index (κ2) is 7.88. The zero-order valence-corrected chi connectivity index (χ0v) is 18.2. The first kappa shape index (κ1) is 19.9. The average molecular weight is 416 g/mol. The number of benzene rings is 2. The van der Waals surface area contributed by atoms with Gasteiger partial charge in [-0.05, 0) is 30.5 Å². The number of aryl methyl sites for hydroxylation is 1. The molecule has 2 aliphatic heterocycles. The first-order valence-corrected chi connectivity index (χ1v) is 11.3. The normalized spacial score (nSPS) is 20.8. The Morgan fingerprint density at radius 3 is 2.58 bits per heavy atom. The van der Waals surface area contributed by atoms with Gasteiger partial charge in [-0.1, -0.05) is 67.8 Å². The van der Waals surface area contributed by atoms with E-state index >= 15 is 0 Å². The molecule has 0 saturated carbocycles. The molecule has 1 aromatic heterocycles. The van der Waals surface area contributed by atoms with E-state index in [1.54, 1.807) is 4.90 Å². The molecule has 0 radical (unpaired) electrons. The van der Waals surface area contributed by atoms with Gasteiger partial charge < -0.3 is 14.8 Å². The number of carbonyl (C=O) groups excluding carboxylic acids is 2. The van der Waals surface area contributed by atoms with Gasteiger partial charge >= 0.3 is 0 Å². The van der Waals surface area contributed by atoms with Crippen LogP contribution in [0, 0.1) is 6.92 Å². The molecule has 0 aliphatic carbocycles. The molecular weight excluding hydrogens is 386 g/mol. The van der Waals surface area contributed by atoms with Gasteiger partial charge in [-0.25, -0.2) is 0 Å². The van der Waals surface area contributed by atoms with Crippen LogP contribution in [-0.4, -0.2) is 45.7 Å². The summed E-state index contributed by atoms with van der Waals surface area (Å²) in [5.41, 5.74) is 5.49. The minimum Gasteiger partial charge on any atom is -0.356 e. The topological polar surface area (TPSA) is 56.4 Å². The highest BCUT2D eigenvalue weighted by molar-refractivity contribution is 5.97. The number of hydrogen-bond acceptors (Lipinski definition) is 2. The molecule has 31 heavy (non-hydrogen) atoms. The molecule has 3 aromatic rings. The lowest BCUT2D eigenvalue weighted by atomic mass is 9.86. The standard InChI is InChI=1S/C26H29N3O2/c1-3-4-7-14-28-16-23(30)29-22(26(28)31)15-20-19-8-5-6-9-21(19)27-24(20)25(29)18-12-10-17(2)11-13-18/h5-6,8-13,22,25,27H,3-4,7,14-16H2,1-2H3. The summed E-state index contributed by atoms with van der Waals surface area (Å²) >= 11 is 0. The smallest absolute Gasteiger partial charge is 0.246 e. The summed E-state index contributed by atoms with van der Waals surface area (Å²) in [4.78, 5) is 34.1. The first-order valence-electron chi connectivity index (χ1n) is 11.3. The summed E-state index contributed by atoms with van der Waals surface area (Å²) in [6, 6.07) is 15.9. The second-order valence-electron chi connectivity index (χ2n) is 8.86. The van der Waals surface area contributed by atoms with Crippen LogP contribution in [0.25, 0.3) is 10.9 Å². The largest absolute Gasteiger partial charge is 0.356 e. The second-order valence-corrected chi connectivity index (χ2v) is 8.86. The Hall–Kier alpha value is -3.08. The van der Waals surface area contributed by atoms with Crippen molar-refractivity contribution in [1.82, 2.24) is 14.8 Å². The Balaban J connectivity index is 1.61. The molecule has 1 N–H and O–H groups in total. The number of nitrogens with zero attached hydrogens (tertiary/aromatic N) is 2. The number of nitrogens with one attached hydrogen (secondary N) is 1. The van der Waals surface area contributed by atoms with Crippen LogP contribution in [0.4, 0.5) is 0 Å². The third kappa shape index (κ3) is 3.32. The van der Waals surface area contributed by atoms with E-state index in [9.17, 15) is 9.59 Å². The lowest BCUT2D eigenvalue weighted by Crippen LogP contribution is -2.63. The van der Waals surface area contributed by atoms with Gasteiger partial charge in [0, 0.05) is 29.6 Å². The van der Waals surface area contributed by atoms with E-state index in [0.29, 0.717) is 13.0 Å². The van der Waals surface area contributed by atoms with E-state index in [4.69, 9.17) is 0 Å². The monoisotopic (exact) mass is 415 g/mol. The minimum atomic E-state index is -0.444. The number of piperazine rings is 1. The molecule has 1 fully saturated rings. The maximum Gasteiger partial charge on any atom is 0.246 e. The fourth-order valence-electron chi connectivity index (χ4n) is 5.16. The maximum absolute atomic E-state index is 13.5. The van der Waals surface area contributed by atoms with Crippen LogP contribution >= 0.6 is 0 Å². The molecule has 5 heteroatoms. The van der Waals surface area contributed by atoms with Gasteiger partial charge in [-0.2, -0.15) is 0 Å². The lowest BCUT2D eigenvalue weighted by molar-refractivity contribution is -0.158. The fraction of sp³-hybridized carbons (Fsp3) is 0.385. The summed E-state index contributed by atoms with van der Waals surface area (Å²) in [5.74, 6) is 0.125. The average Bonchev–Trinajstić information content (AvgIpc) is 3.15. The summed E-state index contributed by atoms with van der Waals surface area (Å²) in [7, 11) is 0. The van der Waals surface area contributed by atoms with Gasteiger partial charge in [-0.15, -0.1) is 0 Å². The number of para-hydroxylation sites is 1. The Morgan fingerprint density at radius 2 is 1.81 bits per heavy atom. The van der Waals surface area contributed by atoms with Gasteiger partial charge in [0.1, 0.15) is 6.04 Å². The van der Waals surface area contributed by atoms with Crippen molar-refractivity contribution in [2.24, 2.45) is 0 Å². The van der Waals surface area contributed by atoms with E-state index in [2.05, 4.69) is 55.2 Å². The number of carbonyl (C=O) groups is 2. The molecular formula is C26H29N3O2. The van der Waals surface area contributed by atoms with Gasteiger partial charge in [0.15, 0.2) is 0 Å². The van der Waals surface area contributed by atoms with Crippen molar-refractivity contribution in [3.05, 3.63) is 70.9 Å². The van der Waals surface area contributed by atoms with Crippen LogP contribution in [-0.2, 0) is 16.0 Å². The molecule has 2 aliphatic rings. The molecule has 0 spiro atoms. The zero-order chi connectivity index (χ0) is 21.5. The third-order valence-corrected chi connectivity index (χ3v) is 6.77. The molecule has 2 atom stereocenters. The number of rotatable bonds is 5. The van der Waals surface area contributed by atoms with Crippen molar-refractivity contribution in [2.45, 2.75) is 51.6 Å². The molecule has 1 saturated heterocycles. The number of aromatic nitrogens is 1. The van der Waals surface area contributed by atoms with Crippen LogP contribution < -0.4 is 0 Å². The highest BCUT2D eigenvalue weighted by Crippen LogP contribution is 2.42. The Labute approximate surface area is 183 Å². The van der Waals surface area contributed by atoms with Crippen molar-refractivity contribution >= 4 is 22.7 Å². The number of H-pyrrole nitrogens is 1. The summed E-state index contributed by atoms with van der Waals surface area (Å²) < 4.78 is 0. The van der Waals surface area contributed by atoms with Crippen molar-refractivity contribution in [2.75, 3.05) is 13.1 Å². The highest BCUT2D eigenvalue weighted by Gasteiger charge is 2.47. The number of amides is 2. The van der Waals surface area contributed by atoms with Gasteiger partial charge in [0.2, 0.25) is 11.8 Å². The number of hydrogen-bond donors (Lipinski definition) is 1. The highest BCUT2D eigenvalue weighted by atomic mass is 16.2. The molecule has 5 rings (SSSR count). The van der Waals surface area contributed by atoms with Crippen LogP contribution in [0.5, 0.6) is 0 Å². The quantitative estimate of drug-likeness (QED) is 0.630. The predicted octanol–water partition coefficient (Wildman–Crippen LogP) is 4.35. The molecule has 160 valence electrons. The summed E-state index contributed by atoms with van der Waals surface area (Å²) in [6.45, 7) is 5.05.